The Bertz CT molecular complexity index is 790. The second-order valence-corrected chi connectivity index (χ2v) is 5.42. The minimum absolute atomic E-state index is 0. The maximum Gasteiger partial charge on any atom is 0.323 e. The van der Waals surface area contributed by atoms with Gasteiger partial charge in [0.05, 0.1) is 12.2 Å². The fourth-order valence-corrected chi connectivity index (χ4v) is 2.49. The number of hydrogen-bond donors (Lipinski definition) is 2. The third kappa shape index (κ3) is 5.42. The van der Waals surface area contributed by atoms with E-state index in [0.717, 1.165) is 10.5 Å². The first-order chi connectivity index (χ1) is 11.2. The van der Waals surface area contributed by atoms with Crippen LogP contribution in [-0.4, -0.2) is 25.9 Å². The first-order valence-electron chi connectivity index (χ1n) is 7.18. The fraction of sp³-hybridized carbons (Fsp3) is 0.118. The number of hydrogen-bond acceptors (Lipinski definition) is 6. The standard InChI is InChI=1S/C17H16N4OS.2H2O/c1-12(14-6-2-3-7-15(14)23)20-16-8-10-19-17(21-16)22-13-5-4-9-18-11-13;;/h2-12,23H,1H3,(H,19,20,21);2*1H2. The second-order valence-electron chi connectivity index (χ2n) is 4.94. The molecule has 8 heteroatoms. The van der Waals surface area contributed by atoms with Gasteiger partial charge in [0.15, 0.2) is 0 Å². The third-order valence-corrected chi connectivity index (χ3v) is 3.65. The summed E-state index contributed by atoms with van der Waals surface area (Å²) >= 11 is 4.49. The summed E-state index contributed by atoms with van der Waals surface area (Å²) in [6.45, 7) is 2.05. The molecule has 0 saturated carbocycles. The number of nitrogens with one attached hydrogen (secondary N) is 1. The zero-order chi connectivity index (χ0) is 16.1. The SMILES string of the molecule is CC(Nc1ccnc(Oc2cccnc2)n1)c1ccccc1S.O.O. The van der Waals surface area contributed by atoms with Gasteiger partial charge in [0.2, 0.25) is 0 Å². The molecule has 0 aliphatic rings. The number of rotatable bonds is 5. The molecule has 2 heterocycles. The zero-order valence-electron chi connectivity index (χ0n) is 13.5. The number of anilines is 1. The van der Waals surface area contributed by atoms with Crippen molar-refractivity contribution in [3.63, 3.8) is 0 Å². The highest BCUT2D eigenvalue weighted by Crippen LogP contribution is 2.24. The third-order valence-electron chi connectivity index (χ3n) is 3.24. The molecular formula is C17H20N4O3S. The number of aromatic nitrogens is 3. The Morgan fingerprint density at radius 2 is 1.84 bits per heavy atom. The molecule has 1 aromatic carbocycles. The molecule has 0 fully saturated rings. The van der Waals surface area contributed by atoms with E-state index in [1.807, 2.05) is 24.3 Å². The van der Waals surface area contributed by atoms with Crippen molar-refractivity contribution in [3.05, 3.63) is 66.6 Å². The van der Waals surface area contributed by atoms with Crippen molar-refractivity contribution in [2.45, 2.75) is 17.9 Å². The predicted octanol–water partition coefficient (Wildman–Crippen LogP) is 2.48. The molecule has 7 nitrogen and oxygen atoms in total. The largest absolute Gasteiger partial charge is 0.423 e. The lowest BCUT2D eigenvalue weighted by atomic mass is 10.1. The highest BCUT2D eigenvalue weighted by molar-refractivity contribution is 7.80. The maximum atomic E-state index is 5.59. The van der Waals surface area contributed by atoms with Gasteiger partial charge in [-0.25, -0.2) is 4.98 Å². The van der Waals surface area contributed by atoms with Crippen molar-refractivity contribution in [2.75, 3.05) is 5.32 Å². The van der Waals surface area contributed by atoms with Crippen molar-refractivity contribution in [1.82, 2.24) is 15.0 Å². The van der Waals surface area contributed by atoms with E-state index in [-0.39, 0.29) is 23.0 Å². The lowest BCUT2D eigenvalue weighted by Gasteiger charge is -2.16. The topological polar surface area (TPSA) is 123 Å². The number of ether oxygens (including phenoxy) is 1. The summed E-state index contributed by atoms with van der Waals surface area (Å²) in [7, 11) is 0. The van der Waals surface area contributed by atoms with Crippen LogP contribution < -0.4 is 10.1 Å². The highest BCUT2D eigenvalue weighted by Gasteiger charge is 2.10. The van der Waals surface area contributed by atoms with Gasteiger partial charge in [-0.1, -0.05) is 18.2 Å². The molecular weight excluding hydrogens is 340 g/mol. The molecule has 0 aliphatic carbocycles. The fourth-order valence-electron chi connectivity index (χ4n) is 2.14. The Labute approximate surface area is 151 Å². The van der Waals surface area contributed by atoms with E-state index in [2.05, 4.69) is 39.8 Å². The van der Waals surface area contributed by atoms with Crippen molar-refractivity contribution in [1.29, 1.82) is 0 Å². The molecule has 0 saturated heterocycles. The molecule has 1 atom stereocenters. The average molecular weight is 360 g/mol. The summed E-state index contributed by atoms with van der Waals surface area (Å²) in [5.74, 6) is 1.28. The average Bonchev–Trinajstić information content (AvgIpc) is 2.56. The summed E-state index contributed by atoms with van der Waals surface area (Å²) in [6, 6.07) is 13.7. The van der Waals surface area contributed by atoms with Crippen molar-refractivity contribution >= 4 is 18.4 Å². The summed E-state index contributed by atoms with van der Waals surface area (Å²) < 4.78 is 5.59. The van der Waals surface area contributed by atoms with Crippen LogP contribution in [0.15, 0.2) is 66.0 Å². The van der Waals surface area contributed by atoms with Gasteiger partial charge in [-0.3, -0.25) is 4.98 Å². The van der Waals surface area contributed by atoms with Gasteiger partial charge in [0.25, 0.3) is 0 Å². The van der Waals surface area contributed by atoms with Gasteiger partial charge in [-0.2, -0.15) is 4.98 Å². The molecule has 0 bridgehead atoms. The minimum atomic E-state index is 0. The van der Waals surface area contributed by atoms with E-state index in [1.165, 1.54) is 0 Å². The van der Waals surface area contributed by atoms with E-state index < -0.39 is 0 Å². The van der Waals surface area contributed by atoms with E-state index in [1.54, 1.807) is 36.8 Å². The van der Waals surface area contributed by atoms with Gasteiger partial charge < -0.3 is 21.0 Å². The molecule has 0 spiro atoms. The second kappa shape index (κ2) is 9.58. The lowest BCUT2D eigenvalue weighted by Crippen LogP contribution is -2.09. The van der Waals surface area contributed by atoms with E-state index in [9.17, 15) is 0 Å². The Morgan fingerprint density at radius 3 is 2.56 bits per heavy atom. The first kappa shape index (κ1) is 20.4. The summed E-state index contributed by atoms with van der Waals surface area (Å²) in [6.07, 6.45) is 4.95. The molecule has 0 radical (unpaired) electrons. The Morgan fingerprint density at radius 1 is 1.04 bits per heavy atom. The molecule has 132 valence electrons. The van der Waals surface area contributed by atoms with Crippen molar-refractivity contribution in [3.8, 4) is 11.8 Å². The zero-order valence-corrected chi connectivity index (χ0v) is 14.4. The molecule has 25 heavy (non-hydrogen) atoms. The molecule has 1 unspecified atom stereocenters. The quantitative estimate of drug-likeness (QED) is 0.677. The Balaban J connectivity index is 0.00000156. The van der Waals surface area contributed by atoms with Crippen LogP contribution in [0.25, 0.3) is 0 Å². The van der Waals surface area contributed by atoms with Gasteiger partial charge >= 0.3 is 6.01 Å². The van der Waals surface area contributed by atoms with E-state index in [4.69, 9.17) is 4.74 Å². The Hall–Kier alpha value is -2.68. The molecule has 2 aromatic heterocycles. The number of nitrogens with zero attached hydrogens (tertiary/aromatic N) is 3. The molecule has 5 N–H and O–H groups in total. The van der Waals surface area contributed by atoms with Crippen LogP contribution in [-0.2, 0) is 0 Å². The van der Waals surface area contributed by atoms with Crippen LogP contribution in [0.4, 0.5) is 5.82 Å². The monoisotopic (exact) mass is 360 g/mol. The van der Waals surface area contributed by atoms with Crippen molar-refractivity contribution < 1.29 is 15.7 Å². The lowest BCUT2D eigenvalue weighted by molar-refractivity contribution is 0.440. The van der Waals surface area contributed by atoms with Crippen LogP contribution in [0.2, 0.25) is 0 Å². The normalized spacial score (nSPS) is 10.8. The number of benzene rings is 1. The van der Waals surface area contributed by atoms with Gasteiger partial charge in [0, 0.05) is 17.3 Å². The smallest absolute Gasteiger partial charge is 0.323 e. The molecule has 3 aromatic rings. The van der Waals surface area contributed by atoms with E-state index in [0.29, 0.717) is 11.6 Å². The summed E-state index contributed by atoms with van der Waals surface area (Å²) in [4.78, 5) is 13.4. The number of thiol groups is 1. The van der Waals surface area contributed by atoms with Crippen LogP contribution >= 0.6 is 12.6 Å². The number of pyridine rings is 1. The first-order valence-corrected chi connectivity index (χ1v) is 7.62. The summed E-state index contributed by atoms with van der Waals surface area (Å²) in [5, 5.41) is 3.33. The molecule has 0 amide bonds. The van der Waals surface area contributed by atoms with Crippen molar-refractivity contribution in [2.24, 2.45) is 0 Å². The van der Waals surface area contributed by atoms with Crippen LogP contribution in [0.5, 0.6) is 11.8 Å². The van der Waals surface area contributed by atoms with Crippen LogP contribution in [0.1, 0.15) is 18.5 Å². The van der Waals surface area contributed by atoms with Gasteiger partial charge in [-0.05, 0) is 36.8 Å². The van der Waals surface area contributed by atoms with Crippen LogP contribution in [0, 0.1) is 0 Å². The van der Waals surface area contributed by atoms with Crippen LogP contribution in [0.3, 0.4) is 0 Å². The minimum Gasteiger partial charge on any atom is -0.423 e. The van der Waals surface area contributed by atoms with Gasteiger partial charge in [-0.15, -0.1) is 12.6 Å². The highest BCUT2D eigenvalue weighted by atomic mass is 32.1. The summed E-state index contributed by atoms with van der Waals surface area (Å²) in [5.41, 5.74) is 1.10. The Kier molecular flexibility index (Phi) is 7.80. The van der Waals surface area contributed by atoms with Gasteiger partial charge in [0.1, 0.15) is 11.6 Å². The maximum absolute atomic E-state index is 5.59. The van der Waals surface area contributed by atoms with E-state index >= 15 is 0 Å². The molecule has 0 aliphatic heterocycles. The molecule has 3 rings (SSSR count). The predicted molar refractivity (Wildman–Crippen MR) is 99.3 cm³/mol.